The van der Waals surface area contributed by atoms with Crippen molar-refractivity contribution in [3.63, 3.8) is 0 Å². The zero-order valence-corrected chi connectivity index (χ0v) is 13.9. The average Bonchev–Trinajstić information content (AvgIpc) is 3.25. The normalized spacial score (nSPS) is 27.6. The van der Waals surface area contributed by atoms with Crippen LogP contribution in [0, 0.1) is 17.7 Å². The van der Waals surface area contributed by atoms with Gasteiger partial charge in [-0.15, -0.1) is 0 Å². The molecule has 2 fully saturated rings. The number of H-pyrrole nitrogens is 1. The summed E-state index contributed by atoms with van der Waals surface area (Å²) in [5.74, 6) is -0.119. The number of nitrogens with zero attached hydrogens (tertiary/aromatic N) is 1. The van der Waals surface area contributed by atoms with E-state index in [1.807, 2.05) is 0 Å². The first kappa shape index (κ1) is 16.2. The fourth-order valence-corrected chi connectivity index (χ4v) is 3.91. The lowest BCUT2D eigenvalue weighted by molar-refractivity contribution is -0.0810. The van der Waals surface area contributed by atoms with Crippen LogP contribution < -0.4 is 5.32 Å². The highest BCUT2D eigenvalue weighted by atomic mass is 19.1. The highest BCUT2D eigenvalue weighted by Crippen LogP contribution is 2.43. The fourth-order valence-electron chi connectivity index (χ4n) is 3.91. The number of fused-ring (bicyclic) bond motifs is 1. The number of hydrogen-bond donors (Lipinski definition) is 2. The van der Waals surface area contributed by atoms with Crippen molar-refractivity contribution in [1.82, 2.24) is 15.5 Å². The molecule has 1 saturated heterocycles. The van der Waals surface area contributed by atoms with Crippen LogP contribution in [-0.2, 0) is 9.47 Å². The number of carbonyl (C=O) groups is 1. The fraction of sp³-hybridized carbons (Fsp3) is 0.444. The van der Waals surface area contributed by atoms with Crippen LogP contribution in [0.25, 0.3) is 11.3 Å². The van der Waals surface area contributed by atoms with Gasteiger partial charge in [-0.2, -0.15) is 5.10 Å². The molecule has 1 saturated carbocycles. The molecule has 6 nitrogen and oxygen atoms in total. The minimum atomic E-state index is -0.369. The molecular formula is C18H20FN3O3. The maximum Gasteiger partial charge on any atom is 0.269 e. The van der Waals surface area contributed by atoms with Gasteiger partial charge in [-0.3, -0.25) is 9.89 Å². The largest absolute Gasteiger partial charge is 0.384 e. The molecule has 1 aliphatic carbocycles. The molecule has 2 N–H and O–H groups in total. The summed E-state index contributed by atoms with van der Waals surface area (Å²) in [6, 6.07) is 7.95. The van der Waals surface area contributed by atoms with E-state index in [2.05, 4.69) is 15.5 Å². The van der Waals surface area contributed by atoms with E-state index in [1.54, 1.807) is 31.4 Å². The Balaban J connectivity index is 1.48. The zero-order chi connectivity index (χ0) is 17.4. The predicted octanol–water partition coefficient (Wildman–Crippen LogP) is 2.00. The molecular weight excluding hydrogens is 325 g/mol. The first-order valence-corrected chi connectivity index (χ1v) is 8.40. The number of halogens is 1. The van der Waals surface area contributed by atoms with Crippen molar-refractivity contribution in [3.05, 3.63) is 41.8 Å². The van der Waals surface area contributed by atoms with Crippen LogP contribution in [0.5, 0.6) is 0 Å². The smallest absolute Gasteiger partial charge is 0.269 e. The van der Waals surface area contributed by atoms with E-state index in [-0.39, 0.29) is 29.8 Å². The van der Waals surface area contributed by atoms with E-state index in [9.17, 15) is 9.18 Å². The van der Waals surface area contributed by atoms with Gasteiger partial charge in [0.15, 0.2) is 0 Å². The summed E-state index contributed by atoms with van der Waals surface area (Å²) in [7, 11) is 1.65. The van der Waals surface area contributed by atoms with E-state index < -0.39 is 0 Å². The molecule has 4 rings (SSSR count). The van der Waals surface area contributed by atoms with Crippen LogP contribution in [-0.4, -0.2) is 48.6 Å². The Hall–Kier alpha value is -2.25. The van der Waals surface area contributed by atoms with E-state index in [0.29, 0.717) is 29.5 Å². The van der Waals surface area contributed by atoms with Crippen LogP contribution in [0.3, 0.4) is 0 Å². The summed E-state index contributed by atoms with van der Waals surface area (Å²) in [6.07, 6.45) is 1.11. The lowest BCUT2D eigenvalue weighted by Gasteiger charge is -2.47. The molecule has 1 amide bonds. The summed E-state index contributed by atoms with van der Waals surface area (Å²) >= 11 is 0. The van der Waals surface area contributed by atoms with Crippen molar-refractivity contribution in [2.45, 2.75) is 18.6 Å². The Kier molecular flexibility index (Phi) is 4.27. The van der Waals surface area contributed by atoms with Crippen molar-refractivity contribution in [3.8, 4) is 11.3 Å². The van der Waals surface area contributed by atoms with Gasteiger partial charge >= 0.3 is 0 Å². The predicted molar refractivity (Wildman–Crippen MR) is 88.4 cm³/mol. The number of methoxy groups -OCH3 is 1. The van der Waals surface area contributed by atoms with Gasteiger partial charge in [-0.1, -0.05) is 12.1 Å². The Bertz CT molecular complexity index is 778. The van der Waals surface area contributed by atoms with Gasteiger partial charge in [0.25, 0.3) is 5.91 Å². The third-order valence-corrected chi connectivity index (χ3v) is 5.16. The lowest BCUT2D eigenvalue weighted by Crippen LogP contribution is -2.62. The number of hydrogen-bond acceptors (Lipinski definition) is 4. The molecule has 1 aliphatic heterocycles. The Morgan fingerprint density at radius 3 is 3.12 bits per heavy atom. The third-order valence-electron chi connectivity index (χ3n) is 5.16. The van der Waals surface area contributed by atoms with Crippen LogP contribution >= 0.6 is 0 Å². The van der Waals surface area contributed by atoms with Crippen LogP contribution in [0.2, 0.25) is 0 Å². The summed E-state index contributed by atoms with van der Waals surface area (Å²) < 4.78 is 24.8. The van der Waals surface area contributed by atoms with Crippen molar-refractivity contribution in [1.29, 1.82) is 0 Å². The molecule has 2 aliphatic rings. The number of carbonyl (C=O) groups excluding carboxylic acids is 1. The Morgan fingerprint density at radius 1 is 1.48 bits per heavy atom. The van der Waals surface area contributed by atoms with Crippen molar-refractivity contribution in [2.24, 2.45) is 11.8 Å². The number of aromatic nitrogens is 2. The van der Waals surface area contributed by atoms with Gasteiger partial charge in [-0.05, 0) is 24.6 Å². The summed E-state index contributed by atoms with van der Waals surface area (Å²) in [4.78, 5) is 12.6. The number of benzene rings is 1. The third kappa shape index (κ3) is 2.83. The van der Waals surface area contributed by atoms with E-state index in [4.69, 9.17) is 9.47 Å². The van der Waals surface area contributed by atoms with Gasteiger partial charge in [0.05, 0.1) is 18.4 Å². The molecule has 7 heteroatoms. The quantitative estimate of drug-likeness (QED) is 0.869. The lowest BCUT2D eigenvalue weighted by atomic mass is 9.67. The van der Waals surface area contributed by atoms with E-state index >= 15 is 0 Å². The summed E-state index contributed by atoms with van der Waals surface area (Å²) in [6.45, 7) is 1.28. The highest BCUT2D eigenvalue weighted by Gasteiger charge is 2.54. The molecule has 0 bridgehead atoms. The molecule has 2 heterocycles. The van der Waals surface area contributed by atoms with Crippen molar-refractivity contribution >= 4 is 5.91 Å². The summed E-state index contributed by atoms with van der Waals surface area (Å²) in [5.41, 5.74) is 1.09. The van der Waals surface area contributed by atoms with Crippen LogP contribution in [0.1, 0.15) is 16.9 Å². The topological polar surface area (TPSA) is 76.2 Å². The minimum Gasteiger partial charge on any atom is -0.384 e. The molecule has 1 aromatic heterocycles. The SMILES string of the molecule is COC[C@@H]1[C@@H](NC(=O)c2cc(-c3ccccc3F)n[nH]2)[C@@H]2CCO[C@H]12. The average molecular weight is 345 g/mol. The maximum absolute atomic E-state index is 13.9. The molecule has 132 valence electrons. The molecule has 4 atom stereocenters. The number of nitrogens with one attached hydrogen (secondary N) is 2. The first-order valence-electron chi connectivity index (χ1n) is 8.40. The van der Waals surface area contributed by atoms with Gasteiger partial charge < -0.3 is 14.8 Å². The highest BCUT2D eigenvalue weighted by molar-refractivity contribution is 5.93. The first-order chi connectivity index (χ1) is 12.2. The second-order valence-corrected chi connectivity index (χ2v) is 6.55. The second-order valence-electron chi connectivity index (χ2n) is 6.55. The number of rotatable bonds is 5. The maximum atomic E-state index is 13.9. The van der Waals surface area contributed by atoms with Gasteiger partial charge in [0.1, 0.15) is 11.5 Å². The molecule has 0 unspecified atom stereocenters. The van der Waals surface area contributed by atoms with Gasteiger partial charge in [0.2, 0.25) is 0 Å². The van der Waals surface area contributed by atoms with Crippen LogP contribution in [0.15, 0.2) is 30.3 Å². The minimum absolute atomic E-state index is 0.0279. The number of aromatic amines is 1. The number of amides is 1. The molecule has 1 aromatic carbocycles. The Morgan fingerprint density at radius 2 is 2.32 bits per heavy atom. The van der Waals surface area contributed by atoms with Crippen molar-refractivity contribution in [2.75, 3.05) is 20.3 Å². The standard InChI is InChI=1S/C18H20FN3O3/c1-24-9-12-16(11-6-7-25-17(11)12)20-18(23)15-8-14(21-22-15)10-4-2-3-5-13(10)19/h2-5,8,11-12,16-17H,6-7,9H2,1H3,(H,20,23)(H,21,22)/t11-,12+,16-,17-/m0/s1. The van der Waals surface area contributed by atoms with E-state index in [1.165, 1.54) is 6.07 Å². The molecule has 0 radical (unpaired) electrons. The van der Waals surface area contributed by atoms with Gasteiger partial charge in [-0.25, -0.2) is 4.39 Å². The second kappa shape index (κ2) is 6.57. The van der Waals surface area contributed by atoms with Crippen molar-refractivity contribution < 1.29 is 18.7 Å². The van der Waals surface area contributed by atoms with E-state index in [0.717, 1.165) is 13.0 Å². The van der Waals surface area contributed by atoms with Crippen LogP contribution in [0.4, 0.5) is 4.39 Å². The molecule has 2 aromatic rings. The molecule has 0 spiro atoms. The molecule has 25 heavy (non-hydrogen) atoms. The zero-order valence-electron chi connectivity index (χ0n) is 13.9. The Labute approximate surface area is 144 Å². The summed E-state index contributed by atoms with van der Waals surface area (Å²) in [5, 5.41) is 9.82. The number of ether oxygens (including phenoxy) is 2. The monoisotopic (exact) mass is 345 g/mol. The van der Waals surface area contributed by atoms with Gasteiger partial charge in [0, 0.05) is 37.2 Å².